The second-order valence-corrected chi connectivity index (χ2v) is 5.77. The first-order valence-corrected chi connectivity index (χ1v) is 7.86. The molecule has 2 aromatic rings. The Morgan fingerprint density at radius 3 is 2.55 bits per heavy atom. The van der Waals surface area contributed by atoms with Crippen molar-refractivity contribution < 1.29 is 4.74 Å². The van der Waals surface area contributed by atoms with Crippen molar-refractivity contribution in [2.75, 3.05) is 20.2 Å². The lowest BCUT2D eigenvalue weighted by molar-refractivity contribution is 0.124. The fourth-order valence-corrected chi connectivity index (χ4v) is 2.76. The minimum atomic E-state index is 0.685. The van der Waals surface area contributed by atoms with Gasteiger partial charge in [0.15, 0.2) is 0 Å². The van der Waals surface area contributed by atoms with E-state index in [1.807, 2.05) is 12.6 Å². The van der Waals surface area contributed by atoms with Gasteiger partial charge in [-0.25, -0.2) is 4.98 Å². The van der Waals surface area contributed by atoms with E-state index < -0.39 is 0 Å². The monoisotopic (exact) mass is 290 g/mol. The lowest BCUT2D eigenvalue weighted by Gasteiger charge is -2.06. The van der Waals surface area contributed by atoms with Gasteiger partial charge in [-0.2, -0.15) is 0 Å². The van der Waals surface area contributed by atoms with Crippen LogP contribution in [-0.4, -0.2) is 25.2 Å². The molecule has 4 heteroatoms. The lowest BCUT2D eigenvalue weighted by atomic mass is 10.1. The molecule has 0 saturated carbocycles. The molecule has 2 rings (SSSR count). The molecule has 0 fully saturated rings. The second kappa shape index (κ2) is 8.15. The largest absolute Gasteiger partial charge is 0.376 e. The third kappa shape index (κ3) is 4.71. The number of aromatic nitrogens is 1. The Labute approximate surface area is 125 Å². The summed E-state index contributed by atoms with van der Waals surface area (Å²) in [6, 6.07) is 8.68. The van der Waals surface area contributed by atoms with Crippen LogP contribution < -0.4 is 5.32 Å². The SMILES string of the molecule is CNCCc1ccc(COCCc2scnc2C)cc1. The van der Waals surface area contributed by atoms with Crippen molar-refractivity contribution in [3.63, 3.8) is 0 Å². The fourth-order valence-electron chi connectivity index (χ4n) is 1.99. The molecule has 3 nitrogen and oxygen atoms in total. The number of nitrogens with one attached hydrogen (secondary N) is 1. The molecule has 1 aromatic carbocycles. The molecule has 0 radical (unpaired) electrons. The van der Waals surface area contributed by atoms with E-state index in [-0.39, 0.29) is 0 Å². The molecule has 108 valence electrons. The lowest BCUT2D eigenvalue weighted by Crippen LogP contribution is -2.10. The third-order valence-corrected chi connectivity index (χ3v) is 4.27. The van der Waals surface area contributed by atoms with Crippen molar-refractivity contribution in [2.24, 2.45) is 0 Å². The minimum absolute atomic E-state index is 0.685. The molecule has 0 amide bonds. The zero-order chi connectivity index (χ0) is 14.2. The van der Waals surface area contributed by atoms with Crippen LogP contribution in [0.4, 0.5) is 0 Å². The Kier molecular flexibility index (Phi) is 6.18. The number of hydrogen-bond donors (Lipinski definition) is 1. The van der Waals surface area contributed by atoms with Crippen molar-refractivity contribution in [1.82, 2.24) is 10.3 Å². The Balaban J connectivity index is 1.70. The molecule has 0 spiro atoms. The topological polar surface area (TPSA) is 34.1 Å². The van der Waals surface area contributed by atoms with Gasteiger partial charge in [-0.05, 0) is 38.1 Å². The average Bonchev–Trinajstić information content (AvgIpc) is 2.88. The number of nitrogens with zero attached hydrogens (tertiary/aromatic N) is 1. The minimum Gasteiger partial charge on any atom is -0.376 e. The molecular weight excluding hydrogens is 268 g/mol. The first-order valence-electron chi connectivity index (χ1n) is 6.98. The van der Waals surface area contributed by atoms with Gasteiger partial charge in [-0.3, -0.25) is 0 Å². The number of ether oxygens (including phenoxy) is 1. The normalized spacial score (nSPS) is 10.9. The van der Waals surface area contributed by atoms with Crippen molar-refractivity contribution in [3.8, 4) is 0 Å². The van der Waals surface area contributed by atoms with E-state index in [1.54, 1.807) is 11.3 Å². The van der Waals surface area contributed by atoms with Crippen molar-refractivity contribution in [2.45, 2.75) is 26.4 Å². The van der Waals surface area contributed by atoms with Crippen LogP contribution in [0.3, 0.4) is 0 Å². The van der Waals surface area contributed by atoms with Gasteiger partial charge in [0, 0.05) is 11.3 Å². The number of benzene rings is 1. The molecule has 0 bridgehead atoms. The first-order chi connectivity index (χ1) is 9.79. The van der Waals surface area contributed by atoms with Crippen LogP contribution in [0, 0.1) is 6.92 Å². The van der Waals surface area contributed by atoms with E-state index in [0.29, 0.717) is 6.61 Å². The highest BCUT2D eigenvalue weighted by molar-refractivity contribution is 7.09. The van der Waals surface area contributed by atoms with Gasteiger partial charge in [0.1, 0.15) is 0 Å². The maximum absolute atomic E-state index is 5.74. The smallest absolute Gasteiger partial charge is 0.0797 e. The molecule has 1 heterocycles. The quantitative estimate of drug-likeness (QED) is 0.759. The first kappa shape index (κ1) is 15.2. The summed E-state index contributed by atoms with van der Waals surface area (Å²) >= 11 is 1.71. The molecule has 1 aromatic heterocycles. The van der Waals surface area contributed by atoms with Crippen LogP contribution >= 0.6 is 11.3 Å². The van der Waals surface area contributed by atoms with Gasteiger partial charge >= 0.3 is 0 Å². The Morgan fingerprint density at radius 1 is 1.15 bits per heavy atom. The van der Waals surface area contributed by atoms with Gasteiger partial charge in [-0.15, -0.1) is 11.3 Å². The number of aryl methyl sites for hydroxylation is 1. The predicted molar refractivity (Wildman–Crippen MR) is 84.3 cm³/mol. The maximum atomic E-state index is 5.74. The molecule has 0 atom stereocenters. The van der Waals surface area contributed by atoms with E-state index in [9.17, 15) is 0 Å². The summed E-state index contributed by atoms with van der Waals surface area (Å²) in [6.07, 6.45) is 2.03. The van der Waals surface area contributed by atoms with E-state index in [1.165, 1.54) is 16.0 Å². The molecule has 0 aliphatic carbocycles. The van der Waals surface area contributed by atoms with Crippen LogP contribution in [0.25, 0.3) is 0 Å². The summed E-state index contributed by atoms with van der Waals surface area (Å²) in [5.74, 6) is 0. The van der Waals surface area contributed by atoms with E-state index in [2.05, 4.69) is 41.5 Å². The summed E-state index contributed by atoms with van der Waals surface area (Å²) in [7, 11) is 1.98. The van der Waals surface area contributed by atoms with Gasteiger partial charge in [0.2, 0.25) is 0 Å². The van der Waals surface area contributed by atoms with Crippen LogP contribution in [0.15, 0.2) is 29.8 Å². The Morgan fingerprint density at radius 2 is 1.90 bits per heavy atom. The van der Waals surface area contributed by atoms with Gasteiger partial charge in [0.05, 0.1) is 24.4 Å². The van der Waals surface area contributed by atoms with Gasteiger partial charge in [-0.1, -0.05) is 24.3 Å². The zero-order valence-electron chi connectivity index (χ0n) is 12.2. The van der Waals surface area contributed by atoms with E-state index >= 15 is 0 Å². The van der Waals surface area contributed by atoms with Crippen LogP contribution in [0.5, 0.6) is 0 Å². The molecular formula is C16H22N2OS. The van der Waals surface area contributed by atoms with E-state index in [0.717, 1.165) is 31.7 Å². The summed E-state index contributed by atoms with van der Waals surface area (Å²) in [5, 5.41) is 3.16. The van der Waals surface area contributed by atoms with Crippen molar-refractivity contribution >= 4 is 11.3 Å². The van der Waals surface area contributed by atoms with Crippen LogP contribution in [-0.2, 0) is 24.2 Å². The molecule has 0 unspecified atom stereocenters. The summed E-state index contributed by atoms with van der Waals surface area (Å²) in [6.45, 7) is 4.51. The Bertz CT molecular complexity index is 507. The van der Waals surface area contributed by atoms with E-state index in [4.69, 9.17) is 4.74 Å². The number of thiazole rings is 1. The molecule has 0 aliphatic rings. The maximum Gasteiger partial charge on any atom is 0.0797 e. The highest BCUT2D eigenvalue weighted by atomic mass is 32.1. The molecule has 1 N–H and O–H groups in total. The molecule has 0 aliphatic heterocycles. The summed E-state index contributed by atoms with van der Waals surface area (Å²) < 4.78 is 5.74. The number of hydrogen-bond acceptors (Lipinski definition) is 4. The Hall–Kier alpha value is -1.23. The van der Waals surface area contributed by atoms with Gasteiger partial charge in [0.25, 0.3) is 0 Å². The highest BCUT2D eigenvalue weighted by Crippen LogP contribution is 2.13. The molecule has 20 heavy (non-hydrogen) atoms. The second-order valence-electron chi connectivity index (χ2n) is 4.83. The zero-order valence-corrected chi connectivity index (χ0v) is 13.0. The van der Waals surface area contributed by atoms with Crippen molar-refractivity contribution in [1.29, 1.82) is 0 Å². The fraction of sp³-hybridized carbons (Fsp3) is 0.438. The number of likely N-dealkylation sites (N-methyl/N-ethyl adjacent to an activating group) is 1. The number of rotatable bonds is 8. The van der Waals surface area contributed by atoms with Crippen LogP contribution in [0.1, 0.15) is 21.7 Å². The molecule has 0 saturated heterocycles. The standard InChI is InChI=1S/C16H22N2OS/c1-13-16(20-12-18-13)8-10-19-11-15-5-3-14(4-6-15)7-9-17-2/h3-6,12,17H,7-11H2,1-2H3. The van der Waals surface area contributed by atoms with Gasteiger partial charge < -0.3 is 10.1 Å². The third-order valence-electron chi connectivity index (χ3n) is 3.27. The average molecular weight is 290 g/mol. The summed E-state index contributed by atoms with van der Waals surface area (Å²) in [4.78, 5) is 5.57. The summed E-state index contributed by atoms with van der Waals surface area (Å²) in [5.41, 5.74) is 5.63. The van der Waals surface area contributed by atoms with Crippen LogP contribution in [0.2, 0.25) is 0 Å². The van der Waals surface area contributed by atoms with Crippen molar-refractivity contribution in [3.05, 3.63) is 51.5 Å². The highest BCUT2D eigenvalue weighted by Gasteiger charge is 2.01. The predicted octanol–water partition coefficient (Wildman–Crippen LogP) is 2.97.